The third kappa shape index (κ3) is 3.05. The van der Waals surface area contributed by atoms with Gasteiger partial charge >= 0.3 is 17.5 Å². The minimum absolute atomic E-state index is 0.0869. The summed E-state index contributed by atoms with van der Waals surface area (Å²) in [5.41, 5.74) is 0.00330. The molecule has 0 radical (unpaired) electrons. The molecule has 10 heteroatoms. The number of fused-ring (bicyclic) bond motifs is 1. The number of halogens is 1. The number of carbonyl (C=O) groups excluding carboxylic acids is 2. The summed E-state index contributed by atoms with van der Waals surface area (Å²) >= 11 is 1.27. The lowest BCUT2D eigenvalue weighted by Gasteiger charge is -2.26. The number of hydrogen-bond donors (Lipinski definition) is 1. The highest BCUT2D eigenvalue weighted by molar-refractivity contribution is 7.18. The SMILES string of the molecule is Cc1c(CN2CCNC(=O)C2=O)sc2c1c(=O)n(C1CC1)c(=O)n2CCCF. The molecular weight excluding hydrogens is 387 g/mol. The van der Waals surface area contributed by atoms with E-state index in [1.807, 2.05) is 0 Å². The number of carbonyl (C=O) groups is 2. The number of piperazine rings is 1. The van der Waals surface area contributed by atoms with Crippen molar-refractivity contribution in [2.45, 2.75) is 45.3 Å². The van der Waals surface area contributed by atoms with E-state index in [2.05, 4.69) is 5.32 Å². The quantitative estimate of drug-likeness (QED) is 0.712. The topological polar surface area (TPSA) is 93.4 Å². The number of thiophene rings is 1. The highest BCUT2D eigenvalue weighted by Crippen LogP contribution is 2.34. The van der Waals surface area contributed by atoms with Gasteiger partial charge in [0.25, 0.3) is 5.56 Å². The summed E-state index contributed by atoms with van der Waals surface area (Å²) in [6, 6.07) is -0.0869. The Morgan fingerprint density at radius 3 is 2.64 bits per heavy atom. The summed E-state index contributed by atoms with van der Waals surface area (Å²) in [5, 5.41) is 2.96. The second kappa shape index (κ2) is 7.16. The summed E-state index contributed by atoms with van der Waals surface area (Å²) in [4.78, 5) is 52.4. The molecule has 1 saturated carbocycles. The molecule has 4 rings (SSSR count). The van der Waals surface area contributed by atoms with E-state index in [0.29, 0.717) is 28.9 Å². The molecule has 1 N–H and O–H groups in total. The Morgan fingerprint density at radius 2 is 1.96 bits per heavy atom. The molecule has 0 aromatic carbocycles. The van der Waals surface area contributed by atoms with Gasteiger partial charge in [0.05, 0.1) is 18.6 Å². The Hall–Kier alpha value is -2.49. The van der Waals surface area contributed by atoms with Gasteiger partial charge in [-0.3, -0.25) is 27.9 Å². The van der Waals surface area contributed by atoms with Crippen molar-refractivity contribution < 1.29 is 14.0 Å². The van der Waals surface area contributed by atoms with Gasteiger partial charge in [-0.05, 0) is 31.7 Å². The van der Waals surface area contributed by atoms with Crippen LogP contribution in [0.1, 0.15) is 35.7 Å². The molecule has 150 valence electrons. The predicted octanol–water partition coefficient (Wildman–Crippen LogP) is 0.686. The second-order valence-electron chi connectivity index (χ2n) is 7.20. The Kier molecular flexibility index (Phi) is 4.82. The zero-order chi connectivity index (χ0) is 20.0. The van der Waals surface area contributed by atoms with E-state index in [9.17, 15) is 23.6 Å². The average Bonchev–Trinajstić information content (AvgIpc) is 3.44. The van der Waals surface area contributed by atoms with E-state index < -0.39 is 24.2 Å². The van der Waals surface area contributed by atoms with Crippen molar-refractivity contribution in [3.05, 3.63) is 31.3 Å². The fraction of sp³-hybridized carbons (Fsp3) is 0.556. The molecule has 0 spiro atoms. The van der Waals surface area contributed by atoms with Crippen LogP contribution < -0.4 is 16.6 Å². The Bertz CT molecular complexity index is 1080. The number of aryl methyl sites for hydroxylation is 2. The van der Waals surface area contributed by atoms with Gasteiger partial charge in [0.15, 0.2) is 0 Å². The molecule has 1 aliphatic carbocycles. The van der Waals surface area contributed by atoms with Crippen molar-refractivity contribution in [1.82, 2.24) is 19.4 Å². The predicted molar refractivity (Wildman–Crippen MR) is 102 cm³/mol. The maximum atomic E-state index is 13.0. The van der Waals surface area contributed by atoms with Crippen molar-refractivity contribution in [1.29, 1.82) is 0 Å². The van der Waals surface area contributed by atoms with Gasteiger partial charge in [-0.25, -0.2) is 4.79 Å². The summed E-state index contributed by atoms with van der Waals surface area (Å²) in [6.45, 7) is 2.42. The molecule has 2 aromatic heterocycles. The van der Waals surface area contributed by atoms with E-state index in [4.69, 9.17) is 0 Å². The highest BCUT2D eigenvalue weighted by Gasteiger charge is 2.31. The van der Waals surface area contributed by atoms with Gasteiger partial charge < -0.3 is 10.2 Å². The molecule has 2 amide bonds. The molecule has 0 unspecified atom stereocenters. The van der Waals surface area contributed by atoms with Crippen LogP contribution in [-0.2, 0) is 22.7 Å². The fourth-order valence-corrected chi connectivity index (χ4v) is 4.91. The van der Waals surface area contributed by atoms with Crippen molar-refractivity contribution in [2.75, 3.05) is 19.8 Å². The van der Waals surface area contributed by atoms with Gasteiger partial charge in [0, 0.05) is 30.6 Å². The molecule has 0 bridgehead atoms. The summed E-state index contributed by atoms with van der Waals surface area (Å²) in [5.74, 6) is -1.24. The van der Waals surface area contributed by atoms with Crippen LogP contribution in [0.15, 0.2) is 9.59 Å². The van der Waals surface area contributed by atoms with Gasteiger partial charge in [0.2, 0.25) is 0 Å². The van der Waals surface area contributed by atoms with E-state index in [-0.39, 0.29) is 31.1 Å². The molecule has 3 heterocycles. The Labute approximate surface area is 163 Å². The van der Waals surface area contributed by atoms with E-state index in [1.165, 1.54) is 25.4 Å². The summed E-state index contributed by atoms with van der Waals surface area (Å²) in [7, 11) is 0. The number of nitrogens with one attached hydrogen (secondary N) is 1. The molecule has 28 heavy (non-hydrogen) atoms. The highest BCUT2D eigenvalue weighted by atomic mass is 32.1. The largest absolute Gasteiger partial charge is 0.346 e. The molecule has 2 fully saturated rings. The molecule has 1 aliphatic heterocycles. The van der Waals surface area contributed by atoms with Crippen molar-refractivity contribution in [3.63, 3.8) is 0 Å². The average molecular weight is 408 g/mol. The van der Waals surface area contributed by atoms with Crippen LogP contribution >= 0.6 is 11.3 Å². The third-order valence-electron chi connectivity index (χ3n) is 5.25. The summed E-state index contributed by atoms with van der Waals surface area (Å²) in [6.07, 6.45) is 1.77. The first kappa shape index (κ1) is 18.9. The van der Waals surface area contributed by atoms with Crippen LogP contribution in [0.5, 0.6) is 0 Å². The third-order valence-corrected chi connectivity index (χ3v) is 6.55. The molecular formula is C18H21FN4O4S. The lowest BCUT2D eigenvalue weighted by molar-refractivity contribution is -0.148. The van der Waals surface area contributed by atoms with Gasteiger partial charge in [-0.2, -0.15) is 0 Å². The van der Waals surface area contributed by atoms with Crippen molar-refractivity contribution in [3.8, 4) is 0 Å². The zero-order valence-electron chi connectivity index (χ0n) is 15.5. The van der Waals surface area contributed by atoms with E-state index in [0.717, 1.165) is 17.7 Å². The van der Waals surface area contributed by atoms with Crippen molar-refractivity contribution >= 4 is 33.4 Å². The van der Waals surface area contributed by atoms with Crippen LogP contribution in [0.4, 0.5) is 4.39 Å². The number of alkyl halides is 1. The van der Waals surface area contributed by atoms with Crippen LogP contribution in [-0.4, -0.2) is 45.6 Å². The summed E-state index contributed by atoms with van der Waals surface area (Å²) < 4.78 is 15.6. The number of rotatable bonds is 6. The minimum Gasteiger partial charge on any atom is -0.346 e. The lowest BCUT2D eigenvalue weighted by Crippen LogP contribution is -2.51. The number of aromatic nitrogens is 2. The molecule has 8 nitrogen and oxygen atoms in total. The smallest absolute Gasteiger partial charge is 0.332 e. The van der Waals surface area contributed by atoms with Crippen LogP contribution in [0, 0.1) is 6.92 Å². The first-order valence-corrected chi connectivity index (χ1v) is 10.2. The maximum Gasteiger partial charge on any atom is 0.332 e. The number of hydrogen-bond acceptors (Lipinski definition) is 5. The molecule has 0 atom stereocenters. The van der Waals surface area contributed by atoms with E-state index in [1.54, 1.807) is 6.92 Å². The standard InChI is InChI=1S/C18H21FN4O4S/c1-10-12(9-21-8-6-20-14(24)16(21)26)28-17-13(10)15(25)23(11-3-4-11)18(27)22(17)7-2-5-19/h11H,2-9H2,1H3,(H,20,24). The molecule has 1 saturated heterocycles. The minimum atomic E-state index is -0.638. The first-order chi connectivity index (χ1) is 13.4. The second-order valence-corrected chi connectivity index (χ2v) is 8.28. The van der Waals surface area contributed by atoms with Crippen LogP contribution in [0.3, 0.4) is 0 Å². The zero-order valence-corrected chi connectivity index (χ0v) is 16.3. The van der Waals surface area contributed by atoms with Gasteiger partial charge in [-0.15, -0.1) is 11.3 Å². The van der Waals surface area contributed by atoms with Gasteiger partial charge in [0.1, 0.15) is 4.83 Å². The fourth-order valence-electron chi connectivity index (χ4n) is 3.58. The van der Waals surface area contributed by atoms with Crippen LogP contribution in [0.2, 0.25) is 0 Å². The number of nitrogens with zero attached hydrogens (tertiary/aromatic N) is 3. The number of amides is 2. The molecule has 2 aliphatic rings. The van der Waals surface area contributed by atoms with Gasteiger partial charge in [-0.1, -0.05) is 0 Å². The van der Waals surface area contributed by atoms with E-state index >= 15 is 0 Å². The maximum absolute atomic E-state index is 13.0. The normalized spacial score (nSPS) is 17.4. The molecule has 2 aromatic rings. The monoisotopic (exact) mass is 408 g/mol. The van der Waals surface area contributed by atoms with Crippen molar-refractivity contribution in [2.24, 2.45) is 0 Å². The lowest BCUT2D eigenvalue weighted by atomic mass is 10.2. The Morgan fingerprint density at radius 1 is 1.21 bits per heavy atom. The van der Waals surface area contributed by atoms with Crippen LogP contribution in [0.25, 0.3) is 10.2 Å². The first-order valence-electron chi connectivity index (χ1n) is 9.34. The Balaban J connectivity index is 1.84.